The molecule has 22 nitrogen and oxygen atoms in total. The van der Waals surface area contributed by atoms with Gasteiger partial charge in [-0.05, 0) is 163 Å². The second kappa shape index (κ2) is 52.8. The average molecular weight is 2030 g/mol. The zero-order chi connectivity index (χ0) is 65.5. The van der Waals surface area contributed by atoms with Crippen molar-refractivity contribution in [2.45, 2.75) is 230 Å². The van der Waals surface area contributed by atoms with E-state index in [9.17, 15) is 28.8 Å². The molecule has 5 fully saturated rings. The summed E-state index contributed by atoms with van der Waals surface area (Å²) in [5.41, 5.74) is 31.5. The van der Waals surface area contributed by atoms with Gasteiger partial charge >= 0.3 is 35.8 Å². The third-order valence-electron chi connectivity index (χ3n) is 16.3. The molecule has 6 unspecified atom stereocenters. The Kier molecular flexibility index (Phi) is 60.2. The Balaban J connectivity index is -0.000000145. The molecule has 0 aromatic carbocycles. The zero-order valence-electron chi connectivity index (χ0n) is 53.3. The summed E-state index contributed by atoms with van der Waals surface area (Å²) in [7, 11) is 0. The molecule has 7 rings (SSSR count). The Morgan fingerprint density at radius 2 is 0.804 bits per heavy atom. The predicted molar refractivity (Wildman–Crippen MR) is 350 cm³/mol. The quantitative estimate of drug-likeness (QED) is 0.0432. The number of aromatic nitrogens is 2. The van der Waals surface area contributed by atoms with E-state index in [1.165, 1.54) is 12.8 Å². The summed E-state index contributed by atoms with van der Waals surface area (Å²) < 4.78 is 0. The number of nitrogens with two attached hydrogens (primary N) is 6. The summed E-state index contributed by atoms with van der Waals surface area (Å²) in [5.74, 6) is -3.09. The Hall–Kier alpha value is -3.29. The largest absolute Gasteiger partial charge is 0.512 e. The molecule has 6 atom stereocenters. The number of nitrogens with zero attached hydrogens (tertiary/aromatic N) is 2. The number of hydrogen-bond donors (Lipinski definition) is 14. The van der Waals surface area contributed by atoms with E-state index >= 15 is 0 Å². The summed E-state index contributed by atoms with van der Waals surface area (Å²) in [5, 5.41) is 69.0. The number of hydrogen-bond acceptors (Lipinski definition) is 16. The monoisotopic (exact) mass is 2030 g/mol. The van der Waals surface area contributed by atoms with Crippen LogP contribution in [0.2, 0.25) is 0 Å². The van der Waals surface area contributed by atoms with Crippen LogP contribution in [0.4, 0.5) is 0 Å². The van der Waals surface area contributed by atoms with Gasteiger partial charge in [-0.25, -0.2) is 0 Å². The molecule has 20 N–H and O–H groups in total. The third kappa shape index (κ3) is 35.6. The van der Waals surface area contributed by atoms with Crippen molar-refractivity contribution >= 4 is 35.8 Å². The van der Waals surface area contributed by atoms with Crippen LogP contribution >= 0.6 is 0 Å². The molecule has 2 aromatic rings. The number of rotatable bonds is 20. The number of pyridine rings is 2. The van der Waals surface area contributed by atoms with Crippen molar-refractivity contribution in [2.75, 3.05) is 13.1 Å². The van der Waals surface area contributed by atoms with Crippen molar-refractivity contribution < 1.29 is 154 Å². The molecule has 0 radical (unpaired) electrons. The summed E-state index contributed by atoms with van der Waals surface area (Å²) in [6.45, 7) is 25.4. The molecule has 26 heteroatoms. The Bertz CT molecular complexity index is 2110. The van der Waals surface area contributed by atoms with Gasteiger partial charge in [-0.2, -0.15) is 0 Å². The smallest absolute Gasteiger partial charge is 0.321 e. The molecular formula is C66H120N8O14Pt4. The number of carboxylic acid groups (broad SMARTS) is 6. The number of aliphatic hydroxyl groups is 2. The van der Waals surface area contributed by atoms with Crippen LogP contribution in [0, 0.1) is 51.2 Å². The SMILES string of the molecule is C.C.C.C=C(O)C1(C(=O)O)CCC1.C=C(O)C1(C(=O)O)CCC1.CC(C)CC(CN)c1ccccn1.CC(C)CC(N)CN.CC(C)CC(N)c1ccccn1.CC(C)CC1CCC(N)C(N)C1.O=C(O)C1(C(=O)O)CCC1.O=C(O)C1(C(=O)O)CCC1.[Pt].[Pt].[Pt].[Pt]. The van der Waals surface area contributed by atoms with E-state index in [4.69, 9.17) is 75.3 Å². The fourth-order valence-electron chi connectivity index (χ4n) is 10.1. The van der Waals surface area contributed by atoms with Crippen molar-refractivity contribution in [3.63, 3.8) is 0 Å². The number of aliphatic hydroxyl groups excluding tert-OH is 2. The average Bonchev–Trinajstić information content (AvgIpc) is 3.33. The van der Waals surface area contributed by atoms with E-state index in [0.29, 0.717) is 75.3 Å². The van der Waals surface area contributed by atoms with Gasteiger partial charge in [-0.15, -0.1) is 0 Å². The molecular weight excluding hydrogens is 1910 g/mol. The maximum atomic E-state index is 10.5. The topological polar surface area (TPSA) is 446 Å². The molecule has 548 valence electrons. The number of carboxylic acids is 6. The number of carbonyl (C=O) groups is 6. The number of aliphatic carboxylic acids is 6. The third-order valence-corrected chi connectivity index (χ3v) is 16.3. The molecule has 2 aromatic heterocycles. The molecule has 2 heterocycles. The first-order valence-electron chi connectivity index (χ1n) is 30.0. The molecule has 0 amide bonds. The summed E-state index contributed by atoms with van der Waals surface area (Å²) in [6, 6.07) is 12.7. The van der Waals surface area contributed by atoms with Crippen molar-refractivity contribution in [2.24, 2.45) is 85.7 Å². The summed E-state index contributed by atoms with van der Waals surface area (Å²) in [6.07, 6.45) is 18.0. The van der Waals surface area contributed by atoms with E-state index in [2.05, 4.69) is 84.6 Å². The minimum atomic E-state index is -1.44. The van der Waals surface area contributed by atoms with Crippen LogP contribution in [0.3, 0.4) is 0 Å². The minimum absolute atomic E-state index is 0. The van der Waals surface area contributed by atoms with Crippen LogP contribution in [-0.2, 0) is 113 Å². The van der Waals surface area contributed by atoms with Crippen LogP contribution in [0.5, 0.6) is 0 Å². The van der Waals surface area contributed by atoms with Gasteiger partial charge in [0.15, 0.2) is 10.8 Å². The van der Waals surface area contributed by atoms with Gasteiger partial charge in [0, 0.05) is 146 Å². The van der Waals surface area contributed by atoms with Gasteiger partial charge in [-0.3, -0.25) is 38.7 Å². The minimum Gasteiger partial charge on any atom is -0.512 e. The predicted octanol–water partition coefficient (Wildman–Crippen LogP) is 11.3. The molecule has 5 aliphatic rings. The first-order chi connectivity index (χ1) is 39.6. The van der Waals surface area contributed by atoms with Crippen LogP contribution in [0.25, 0.3) is 0 Å². The second-order valence-electron chi connectivity index (χ2n) is 25.0. The Morgan fingerprint density at radius 1 is 0.478 bits per heavy atom. The van der Waals surface area contributed by atoms with Crippen LogP contribution in [0.15, 0.2) is 73.5 Å². The van der Waals surface area contributed by atoms with Crippen molar-refractivity contribution in [3.05, 3.63) is 84.9 Å². The maximum Gasteiger partial charge on any atom is 0.321 e. The Labute approximate surface area is 608 Å². The van der Waals surface area contributed by atoms with Crippen LogP contribution in [-0.4, -0.2) is 118 Å². The van der Waals surface area contributed by atoms with Gasteiger partial charge in [-0.1, -0.05) is 116 Å². The van der Waals surface area contributed by atoms with Crippen molar-refractivity contribution in [3.8, 4) is 0 Å². The fourth-order valence-corrected chi connectivity index (χ4v) is 10.1. The van der Waals surface area contributed by atoms with Crippen LogP contribution in [0.1, 0.15) is 223 Å². The van der Waals surface area contributed by atoms with Crippen molar-refractivity contribution in [1.82, 2.24) is 9.97 Å². The molecule has 0 spiro atoms. The van der Waals surface area contributed by atoms with Gasteiger partial charge in [0.05, 0.1) is 5.69 Å². The van der Waals surface area contributed by atoms with Gasteiger partial charge in [0.2, 0.25) is 0 Å². The molecule has 0 bridgehead atoms. The van der Waals surface area contributed by atoms with E-state index < -0.39 is 57.5 Å². The van der Waals surface area contributed by atoms with Gasteiger partial charge in [0.25, 0.3) is 0 Å². The van der Waals surface area contributed by atoms with Crippen LogP contribution < -0.4 is 34.4 Å². The zero-order valence-corrected chi connectivity index (χ0v) is 62.4. The van der Waals surface area contributed by atoms with E-state index in [1.807, 2.05) is 36.5 Å². The standard InChI is InChI=1S/C11H18N2.C10H22N2.C10H16N2.2C7H10O3.C6H16N2.2C6H8O4.3CH4.4Pt/c1-9(2)7-10(8-12)11-5-3-4-6-13-11;1-7(2)5-8-3-4-9(11)10(12)6-8;1-8(2)7-9(11)10-5-3-4-6-12-10;2*1-5(8)7(6(9)10)3-2-4-7;1-5(2)3-6(8)4-7;2*7-4(8)6(5(9)10)2-1-3-6;;;;;;;/h3-6,9-10H,7-8,12H2,1-2H3;7-10H,3-6,11-12H2,1-2H3;3-6,8-9H,7,11H2,1-2H3;2*8H,1-4H2,(H,9,10);5-6H,3-4,7-8H2,1-2H3;2*1-3H2,(H,7,8)(H,9,10);3*1H4;;;;. The van der Waals surface area contributed by atoms with E-state index in [-0.39, 0.29) is 168 Å². The molecule has 5 aliphatic carbocycles. The molecule has 92 heavy (non-hydrogen) atoms. The first kappa shape index (κ1) is 105. The summed E-state index contributed by atoms with van der Waals surface area (Å²) >= 11 is 0. The van der Waals surface area contributed by atoms with E-state index in [1.54, 1.807) is 6.20 Å². The molecule has 0 saturated heterocycles. The molecule has 5 saturated carbocycles. The normalized spacial score (nSPS) is 19.0. The Morgan fingerprint density at radius 3 is 0.989 bits per heavy atom. The van der Waals surface area contributed by atoms with Gasteiger partial charge in [0.1, 0.15) is 22.3 Å². The fraction of sp³-hybridized carbons (Fsp3) is 0.697. The molecule has 0 aliphatic heterocycles. The first-order valence-corrected chi connectivity index (χ1v) is 30.0. The van der Waals surface area contributed by atoms with E-state index in [0.717, 1.165) is 68.2 Å². The van der Waals surface area contributed by atoms with Gasteiger partial charge < -0.3 is 75.3 Å². The van der Waals surface area contributed by atoms with Crippen molar-refractivity contribution in [1.29, 1.82) is 0 Å². The second-order valence-corrected chi connectivity index (χ2v) is 25.0. The maximum absolute atomic E-state index is 10.5. The summed E-state index contributed by atoms with van der Waals surface area (Å²) in [4.78, 5) is 71.0.